The van der Waals surface area contributed by atoms with Crippen molar-refractivity contribution >= 4 is 11.6 Å². The van der Waals surface area contributed by atoms with Crippen LogP contribution in [0.2, 0.25) is 0 Å². The summed E-state index contributed by atoms with van der Waals surface area (Å²) in [5.74, 6) is 0.426. The summed E-state index contributed by atoms with van der Waals surface area (Å²) in [6, 6.07) is 7.23. The number of nitrogens with one attached hydrogen (secondary N) is 2. The van der Waals surface area contributed by atoms with Gasteiger partial charge in [-0.1, -0.05) is 6.07 Å². The molecule has 0 atom stereocenters. The quantitative estimate of drug-likeness (QED) is 0.448. The summed E-state index contributed by atoms with van der Waals surface area (Å²) < 4.78 is 9.96. The second-order valence-corrected chi connectivity index (χ2v) is 3.10. The molecule has 5 heteroatoms. The molecule has 1 rings (SSSR count). The number of hydrogen-bond acceptors (Lipinski definition) is 4. The Bertz CT molecular complexity index is 391. The first-order valence-corrected chi connectivity index (χ1v) is 5.24. The van der Waals surface area contributed by atoms with Gasteiger partial charge in [-0.2, -0.15) is 0 Å². The minimum absolute atomic E-state index is 0.290. The number of carbonyl (C=O) groups is 1. The van der Waals surface area contributed by atoms with E-state index in [9.17, 15) is 4.79 Å². The summed E-state index contributed by atoms with van der Waals surface area (Å²) in [6.45, 7) is 2.38. The Morgan fingerprint density at radius 3 is 3.00 bits per heavy atom. The van der Waals surface area contributed by atoms with Crippen LogP contribution < -0.4 is 15.6 Å². The molecule has 92 valence electrons. The fourth-order valence-corrected chi connectivity index (χ4v) is 1.08. The number of hydrazine groups is 1. The van der Waals surface area contributed by atoms with Crippen molar-refractivity contribution in [3.63, 3.8) is 0 Å². The van der Waals surface area contributed by atoms with Crippen molar-refractivity contribution in [1.82, 2.24) is 5.43 Å². The number of ether oxygens (including phenoxy) is 2. The Morgan fingerprint density at radius 1 is 1.47 bits per heavy atom. The van der Waals surface area contributed by atoms with Crippen LogP contribution in [-0.4, -0.2) is 19.6 Å². The highest BCUT2D eigenvalue weighted by Crippen LogP contribution is 2.15. The van der Waals surface area contributed by atoms with Crippen LogP contribution in [0.1, 0.15) is 6.92 Å². The molecule has 0 aliphatic carbocycles. The summed E-state index contributed by atoms with van der Waals surface area (Å²) >= 11 is 0. The van der Waals surface area contributed by atoms with Crippen molar-refractivity contribution in [1.29, 1.82) is 0 Å². The largest absolute Gasteiger partial charge is 0.501 e. The number of rotatable bonds is 6. The Labute approximate surface area is 100 Å². The first kappa shape index (κ1) is 12.9. The summed E-state index contributed by atoms with van der Waals surface area (Å²) in [4.78, 5) is 11.3. The number of carbonyl (C=O) groups excluding carboxylic acids is 1. The molecule has 0 aromatic heterocycles. The lowest BCUT2D eigenvalue weighted by molar-refractivity contribution is -0.116. The molecule has 0 saturated carbocycles. The van der Waals surface area contributed by atoms with Crippen LogP contribution in [0.25, 0.3) is 0 Å². The minimum Gasteiger partial charge on any atom is -0.501 e. The molecule has 1 aromatic rings. The van der Waals surface area contributed by atoms with Crippen LogP contribution in [0.5, 0.6) is 5.75 Å². The number of anilines is 1. The van der Waals surface area contributed by atoms with Gasteiger partial charge in [0.05, 0.1) is 25.7 Å². The summed E-state index contributed by atoms with van der Waals surface area (Å²) in [6.07, 6.45) is 2.65. The van der Waals surface area contributed by atoms with E-state index in [2.05, 4.69) is 10.9 Å². The average Bonchev–Trinajstić information content (AvgIpc) is 2.37. The maximum absolute atomic E-state index is 11.3. The zero-order valence-electron chi connectivity index (χ0n) is 9.90. The number of amides is 1. The summed E-state index contributed by atoms with van der Waals surface area (Å²) in [5.41, 5.74) is 6.00. The maximum Gasteiger partial charge on any atom is 0.265 e. The fraction of sp³-hybridized carbons (Fsp3) is 0.250. The SMILES string of the molecule is CCOC=CC(=O)NNc1cccc(OC)c1. The third kappa shape index (κ3) is 4.92. The molecule has 2 N–H and O–H groups in total. The van der Waals surface area contributed by atoms with Crippen molar-refractivity contribution in [2.75, 3.05) is 19.1 Å². The van der Waals surface area contributed by atoms with Crippen molar-refractivity contribution in [2.24, 2.45) is 0 Å². The van der Waals surface area contributed by atoms with Crippen LogP contribution in [0.3, 0.4) is 0 Å². The Morgan fingerprint density at radius 2 is 2.29 bits per heavy atom. The van der Waals surface area contributed by atoms with E-state index in [1.165, 1.54) is 12.3 Å². The molecule has 5 nitrogen and oxygen atoms in total. The lowest BCUT2D eigenvalue weighted by atomic mass is 10.3. The zero-order valence-corrected chi connectivity index (χ0v) is 9.90. The van der Waals surface area contributed by atoms with Crippen LogP contribution in [0.15, 0.2) is 36.6 Å². The average molecular weight is 236 g/mol. The number of hydrogen-bond donors (Lipinski definition) is 2. The third-order valence-electron chi connectivity index (χ3n) is 1.88. The maximum atomic E-state index is 11.3. The third-order valence-corrected chi connectivity index (χ3v) is 1.88. The van der Waals surface area contributed by atoms with Gasteiger partial charge in [-0.3, -0.25) is 15.6 Å². The van der Waals surface area contributed by atoms with Gasteiger partial charge in [0.2, 0.25) is 0 Å². The summed E-state index contributed by atoms with van der Waals surface area (Å²) in [7, 11) is 1.59. The van der Waals surface area contributed by atoms with E-state index in [-0.39, 0.29) is 5.91 Å². The van der Waals surface area contributed by atoms with Gasteiger partial charge in [-0.25, -0.2) is 0 Å². The predicted molar refractivity (Wildman–Crippen MR) is 65.5 cm³/mol. The van der Waals surface area contributed by atoms with Gasteiger partial charge in [0.15, 0.2) is 0 Å². The molecule has 0 radical (unpaired) electrons. The monoisotopic (exact) mass is 236 g/mol. The van der Waals surface area contributed by atoms with E-state index in [0.29, 0.717) is 12.4 Å². The van der Waals surface area contributed by atoms with Gasteiger partial charge in [0, 0.05) is 12.1 Å². The Kier molecular flexibility index (Phi) is 5.43. The second kappa shape index (κ2) is 7.16. The first-order valence-electron chi connectivity index (χ1n) is 5.24. The highest BCUT2D eigenvalue weighted by Gasteiger charge is 1.97. The second-order valence-electron chi connectivity index (χ2n) is 3.10. The lowest BCUT2D eigenvalue weighted by Gasteiger charge is -2.07. The molecule has 0 unspecified atom stereocenters. The molecule has 0 fully saturated rings. The van der Waals surface area contributed by atoms with Crippen LogP contribution in [0, 0.1) is 0 Å². The van der Waals surface area contributed by atoms with Crippen molar-refractivity contribution in [3.05, 3.63) is 36.6 Å². The Hall–Kier alpha value is -2.17. The lowest BCUT2D eigenvalue weighted by Crippen LogP contribution is -2.27. The molecule has 1 amide bonds. The van der Waals surface area contributed by atoms with Gasteiger partial charge in [-0.15, -0.1) is 0 Å². The molecule has 17 heavy (non-hydrogen) atoms. The highest BCUT2D eigenvalue weighted by molar-refractivity contribution is 5.88. The van der Waals surface area contributed by atoms with Crippen LogP contribution in [-0.2, 0) is 9.53 Å². The van der Waals surface area contributed by atoms with E-state index >= 15 is 0 Å². The Balaban J connectivity index is 2.41. The first-order chi connectivity index (χ1) is 8.26. The minimum atomic E-state index is -0.290. The van der Waals surface area contributed by atoms with Crippen molar-refractivity contribution in [2.45, 2.75) is 6.92 Å². The molecule has 0 aliphatic rings. The topological polar surface area (TPSA) is 59.6 Å². The number of benzene rings is 1. The van der Waals surface area contributed by atoms with E-state index in [1.807, 2.05) is 25.1 Å². The predicted octanol–water partition coefficient (Wildman–Crippen LogP) is 1.69. The molecular formula is C12H16N2O3. The van der Waals surface area contributed by atoms with E-state index < -0.39 is 0 Å². The van der Waals surface area contributed by atoms with E-state index in [0.717, 1.165) is 5.69 Å². The van der Waals surface area contributed by atoms with Crippen LogP contribution in [0.4, 0.5) is 5.69 Å². The van der Waals surface area contributed by atoms with Crippen LogP contribution >= 0.6 is 0 Å². The summed E-state index contributed by atoms with van der Waals surface area (Å²) in [5, 5.41) is 0. The molecule has 0 bridgehead atoms. The molecule has 0 saturated heterocycles. The smallest absolute Gasteiger partial charge is 0.265 e. The molecule has 0 spiro atoms. The highest BCUT2D eigenvalue weighted by atomic mass is 16.5. The van der Waals surface area contributed by atoms with Gasteiger partial charge < -0.3 is 9.47 Å². The van der Waals surface area contributed by atoms with Crippen molar-refractivity contribution in [3.8, 4) is 5.75 Å². The van der Waals surface area contributed by atoms with Gasteiger partial charge >= 0.3 is 0 Å². The normalized spacial score (nSPS) is 10.0. The van der Waals surface area contributed by atoms with Crippen molar-refractivity contribution < 1.29 is 14.3 Å². The molecule has 1 aromatic carbocycles. The van der Waals surface area contributed by atoms with Gasteiger partial charge in [0.1, 0.15) is 5.75 Å². The van der Waals surface area contributed by atoms with Gasteiger partial charge in [0.25, 0.3) is 5.91 Å². The van der Waals surface area contributed by atoms with Gasteiger partial charge in [-0.05, 0) is 19.1 Å². The molecular weight excluding hydrogens is 220 g/mol. The fourth-order valence-electron chi connectivity index (χ4n) is 1.08. The zero-order chi connectivity index (χ0) is 12.5. The van der Waals surface area contributed by atoms with E-state index in [1.54, 1.807) is 13.2 Å². The standard InChI is InChI=1S/C12H16N2O3/c1-3-17-8-7-12(15)14-13-10-5-4-6-11(9-10)16-2/h4-9,13H,3H2,1-2H3,(H,14,15). The molecule has 0 heterocycles. The molecule has 0 aliphatic heterocycles. The van der Waals surface area contributed by atoms with E-state index in [4.69, 9.17) is 9.47 Å². The number of methoxy groups -OCH3 is 1.